The zero-order chi connectivity index (χ0) is 14.1. The molecule has 0 aromatic carbocycles. The quantitative estimate of drug-likeness (QED) is 0.816. The van der Waals surface area contributed by atoms with Gasteiger partial charge in [0.25, 0.3) is 0 Å². The van der Waals surface area contributed by atoms with Gasteiger partial charge in [0.1, 0.15) is 6.33 Å². The van der Waals surface area contributed by atoms with Crippen molar-refractivity contribution in [1.82, 2.24) is 25.0 Å². The van der Waals surface area contributed by atoms with E-state index in [0.717, 1.165) is 25.2 Å². The zero-order valence-corrected chi connectivity index (χ0v) is 11.6. The molecule has 7 heteroatoms. The van der Waals surface area contributed by atoms with Crippen LogP contribution < -0.4 is 5.32 Å². The fourth-order valence-electron chi connectivity index (χ4n) is 2.64. The maximum absolute atomic E-state index is 12.1. The lowest BCUT2D eigenvalue weighted by Crippen LogP contribution is -2.33. The summed E-state index contributed by atoms with van der Waals surface area (Å²) in [5, 5.41) is 10.7. The maximum atomic E-state index is 12.1. The molecule has 0 unspecified atom stereocenters. The summed E-state index contributed by atoms with van der Waals surface area (Å²) >= 11 is 0. The molecule has 2 fully saturated rings. The molecule has 1 aromatic heterocycles. The molecule has 1 N–H and O–H groups in total. The van der Waals surface area contributed by atoms with Crippen LogP contribution in [0.2, 0.25) is 0 Å². The molecule has 2 aliphatic rings. The third-order valence-corrected chi connectivity index (χ3v) is 3.97. The molecule has 1 aliphatic carbocycles. The molecular formula is C13H19N5O2. The highest BCUT2D eigenvalue weighted by molar-refractivity contribution is 5.89. The van der Waals surface area contributed by atoms with Gasteiger partial charge in [-0.15, -0.1) is 10.2 Å². The lowest BCUT2D eigenvalue weighted by atomic mass is 10.1. The average molecular weight is 277 g/mol. The third-order valence-electron chi connectivity index (χ3n) is 3.97. The van der Waals surface area contributed by atoms with Gasteiger partial charge in [-0.25, -0.2) is 0 Å². The van der Waals surface area contributed by atoms with Crippen LogP contribution in [0.25, 0.3) is 0 Å². The van der Waals surface area contributed by atoms with E-state index in [0.29, 0.717) is 25.6 Å². The monoisotopic (exact) mass is 277 g/mol. The van der Waals surface area contributed by atoms with E-state index in [1.165, 1.54) is 0 Å². The van der Waals surface area contributed by atoms with Gasteiger partial charge < -0.3 is 14.8 Å². The van der Waals surface area contributed by atoms with Crippen LogP contribution in [0, 0.1) is 5.92 Å². The van der Waals surface area contributed by atoms with Gasteiger partial charge in [0.15, 0.2) is 5.82 Å². The zero-order valence-electron chi connectivity index (χ0n) is 11.6. The van der Waals surface area contributed by atoms with E-state index in [9.17, 15) is 9.59 Å². The Morgan fingerprint density at radius 1 is 1.50 bits per heavy atom. The van der Waals surface area contributed by atoms with E-state index in [1.807, 2.05) is 16.4 Å². The van der Waals surface area contributed by atoms with E-state index in [4.69, 9.17) is 0 Å². The van der Waals surface area contributed by atoms with Crippen LogP contribution in [0.4, 0.5) is 0 Å². The van der Waals surface area contributed by atoms with E-state index < -0.39 is 0 Å². The highest BCUT2D eigenvalue weighted by atomic mass is 16.2. The number of hydrogen-bond acceptors (Lipinski definition) is 4. The van der Waals surface area contributed by atoms with E-state index in [1.54, 1.807) is 6.33 Å². The standard InChI is InChI=1S/C13H19N5O2/c1-2-17-8-15-16-11(17)6-14-13(20)9-5-12(19)18(7-9)10-3-4-10/h8-10H,2-7H2,1H3,(H,14,20)/t9-/m0/s1. The highest BCUT2D eigenvalue weighted by Crippen LogP contribution is 2.32. The minimum absolute atomic E-state index is 0.0628. The maximum Gasteiger partial charge on any atom is 0.225 e. The SMILES string of the molecule is CCn1cnnc1CNC(=O)[C@H]1CC(=O)N(C2CC2)C1. The van der Waals surface area contributed by atoms with Crippen molar-refractivity contribution in [2.45, 2.75) is 45.3 Å². The summed E-state index contributed by atoms with van der Waals surface area (Å²) in [5.74, 6) is 0.571. The first-order chi connectivity index (χ1) is 9.69. The topological polar surface area (TPSA) is 80.1 Å². The number of likely N-dealkylation sites (tertiary alicyclic amines) is 1. The summed E-state index contributed by atoms with van der Waals surface area (Å²) in [6.45, 7) is 3.70. The normalized spacial score (nSPS) is 22.4. The molecule has 108 valence electrons. The summed E-state index contributed by atoms with van der Waals surface area (Å²) in [6.07, 6.45) is 4.15. The number of amides is 2. The molecule has 7 nitrogen and oxygen atoms in total. The Morgan fingerprint density at radius 2 is 2.30 bits per heavy atom. The van der Waals surface area contributed by atoms with Crippen LogP contribution in [0.5, 0.6) is 0 Å². The first-order valence-corrected chi connectivity index (χ1v) is 7.13. The van der Waals surface area contributed by atoms with Gasteiger partial charge in [-0.05, 0) is 19.8 Å². The number of carbonyl (C=O) groups excluding carboxylic acids is 2. The molecule has 1 aromatic rings. The van der Waals surface area contributed by atoms with Crippen molar-refractivity contribution in [3.63, 3.8) is 0 Å². The van der Waals surface area contributed by atoms with Crippen LogP contribution in [-0.2, 0) is 22.7 Å². The first kappa shape index (κ1) is 13.1. The van der Waals surface area contributed by atoms with Gasteiger partial charge in [-0.2, -0.15) is 0 Å². The number of aryl methyl sites for hydroxylation is 1. The van der Waals surface area contributed by atoms with Gasteiger partial charge in [0, 0.05) is 25.6 Å². The number of nitrogens with zero attached hydrogens (tertiary/aromatic N) is 4. The average Bonchev–Trinajstić information content (AvgIpc) is 3.05. The van der Waals surface area contributed by atoms with Gasteiger partial charge >= 0.3 is 0 Å². The number of hydrogen-bond donors (Lipinski definition) is 1. The second kappa shape index (κ2) is 5.22. The Morgan fingerprint density at radius 3 is 3.00 bits per heavy atom. The summed E-state index contributed by atoms with van der Waals surface area (Å²) in [4.78, 5) is 25.8. The number of nitrogens with one attached hydrogen (secondary N) is 1. The second-order valence-electron chi connectivity index (χ2n) is 5.43. The Labute approximate surface area is 117 Å². The van der Waals surface area contributed by atoms with Crippen LogP contribution in [0.15, 0.2) is 6.33 Å². The van der Waals surface area contributed by atoms with E-state index in [-0.39, 0.29) is 17.7 Å². The molecular weight excluding hydrogens is 258 g/mol. The summed E-state index contributed by atoms with van der Waals surface area (Å²) in [6, 6.07) is 0.392. The van der Waals surface area contributed by atoms with Crippen molar-refractivity contribution in [3.8, 4) is 0 Å². The predicted octanol–water partition coefficient (Wildman–Crippen LogP) is -0.0749. The Bertz CT molecular complexity index is 523. The van der Waals surface area contributed by atoms with Crippen LogP contribution in [-0.4, -0.2) is 44.1 Å². The first-order valence-electron chi connectivity index (χ1n) is 7.13. The third kappa shape index (κ3) is 2.52. The van der Waals surface area contributed by atoms with Crippen molar-refractivity contribution in [2.24, 2.45) is 5.92 Å². The molecule has 1 saturated heterocycles. The molecule has 2 amide bonds. The van der Waals surface area contributed by atoms with Crippen molar-refractivity contribution >= 4 is 11.8 Å². The molecule has 0 bridgehead atoms. The fraction of sp³-hybridized carbons (Fsp3) is 0.692. The minimum Gasteiger partial charge on any atom is -0.348 e. The molecule has 2 heterocycles. The summed E-state index contributed by atoms with van der Waals surface area (Å²) in [5.41, 5.74) is 0. The number of aromatic nitrogens is 3. The predicted molar refractivity (Wildman–Crippen MR) is 70.4 cm³/mol. The molecule has 20 heavy (non-hydrogen) atoms. The van der Waals surface area contributed by atoms with E-state index >= 15 is 0 Å². The second-order valence-corrected chi connectivity index (χ2v) is 5.43. The van der Waals surface area contributed by atoms with Crippen LogP contribution in [0.1, 0.15) is 32.0 Å². The molecule has 0 radical (unpaired) electrons. The lowest BCUT2D eigenvalue weighted by Gasteiger charge is -2.15. The van der Waals surface area contributed by atoms with Gasteiger partial charge in [0.05, 0.1) is 12.5 Å². The molecule has 1 atom stereocenters. The number of rotatable bonds is 5. The minimum atomic E-state index is -0.221. The Hall–Kier alpha value is -1.92. The highest BCUT2D eigenvalue weighted by Gasteiger charge is 2.41. The van der Waals surface area contributed by atoms with Crippen LogP contribution >= 0.6 is 0 Å². The summed E-state index contributed by atoms with van der Waals surface area (Å²) in [7, 11) is 0. The molecule has 1 saturated carbocycles. The lowest BCUT2D eigenvalue weighted by molar-refractivity contribution is -0.129. The van der Waals surface area contributed by atoms with Crippen molar-refractivity contribution in [1.29, 1.82) is 0 Å². The Balaban J connectivity index is 1.53. The van der Waals surface area contributed by atoms with Crippen molar-refractivity contribution in [3.05, 3.63) is 12.2 Å². The smallest absolute Gasteiger partial charge is 0.225 e. The fourth-order valence-corrected chi connectivity index (χ4v) is 2.64. The molecule has 0 spiro atoms. The van der Waals surface area contributed by atoms with Gasteiger partial charge in [-0.3, -0.25) is 9.59 Å². The van der Waals surface area contributed by atoms with Gasteiger partial charge in [0.2, 0.25) is 11.8 Å². The molecule has 1 aliphatic heterocycles. The Kier molecular flexibility index (Phi) is 3.42. The van der Waals surface area contributed by atoms with Gasteiger partial charge in [-0.1, -0.05) is 0 Å². The summed E-state index contributed by atoms with van der Waals surface area (Å²) < 4.78 is 1.89. The van der Waals surface area contributed by atoms with Crippen molar-refractivity contribution < 1.29 is 9.59 Å². The van der Waals surface area contributed by atoms with Crippen molar-refractivity contribution in [2.75, 3.05) is 6.54 Å². The van der Waals surface area contributed by atoms with E-state index in [2.05, 4.69) is 15.5 Å². The van der Waals surface area contributed by atoms with Crippen LogP contribution in [0.3, 0.4) is 0 Å². The number of carbonyl (C=O) groups is 2. The molecule has 3 rings (SSSR count). The largest absolute Gasteiger partial charge is 0.348 e.